The first-order valence-corrected chi connectivity index (χ1v) is 7.53. The van der Waals surface area contributed by atoms with Gasteiger partial charge in [0.25, 0.3) is 5.22 Å². The maximum Gasteiger partial charge on any atom is 0.257 e. The molecule has 0 saturated heterocycles. The van der Waals surface area contributed by atoms with Crippen LogP contribution in [0.3, 0.4) is 0 Å². The van der Waals surface area contributed by atoms with Gasteiger partial charge in [-0.3, -0.25) is 4.79 Å². The average molecular weight is 294 g/mol. The zero-order valence-electron chi connectivity index (χ0n) is 11.3. The summed E-state index contributed by atoms with van der Waals surface area (Å²) in [5.41, 5.74) is 1.53. The predicted octanol–water partition coefficient (Wildman–Crippen LogP) is 2.05. The summed E-state index contributed by atoms with van der Waals surface area (Å²) in [5, 5.41) is 12.1. The van der Waals surface area contributed by atoms with Crippen molar-refractivity contribution in [1.29, 1.82) is 0 Å². The van der Waals surface area contributed by atoms with E-state index in [4.69, 9.17) is 9.52 Å². The number of hydrogen-bond donors (Lipinski definition) is 2. The normalized spacial score (nSPS) is 12.5. The van der Waals surface area contributed by atoms with Crippen LogP contribution in [0.1, 0.15) is 13.3 Å². The predicted molar refractivity (Wildman–Crippen MR) is 78.6 cm³/mol. The molecule has 1 amide bonds. The van der Waals surface area contributed by atoms with Gasteiger partial charge < -0.3 is 14.8 Å². The fourth-order valence-corrected chi connectivity index (χ4v) is 2.37. The highest BCUT2D eigenvalue weighted by molar-refractivity contribution is 7.99. The molecule has 1 atom stereocenters. The number of amides is 1. The van der Waals surface area contributed by atoms with E-state index in [9.17, 15) is 4.79 Å². The monoisotopic (exact) mass is 294 g/mol. The zero-order chi connectivity index (χ0) is 14.4. The van der Waals surface area contributed by atoms with Gasteiger partial charge in [0.2, 0.25) is 5.91 Å². The zero-order valence-corrected chi connectivity index (χ0v) is 12.2. The Bertz CT molecular complexity index is 537. The molecule has 2 N–H and O–H groups in total. The lowest BCUT2D eigenvalue weighted by Gasteiger charge is -2.10. The van der Waals surface area contributed by atoms with Gasteiger partial charge in [-0.05, 0) is 24.5 Å². The van der Waals surface area contributed by atoms with E-state index in [1.165, 1.54) is 11.8 Å². The third-order valence-electron chi connectivity index (χ3n) is 2.87. The molecule has 0 aliphatic carbocycles. The molecule has 1 heterocycles. The molecule has 0 fully saturated rings. The van der Waals surface area contributed by atoms with E-state index >= 15 is 0 Å². The highest BCUT2D eigenvalue weighted by Crippen LogP contribution is 2.22. The van der Waals surface area contributed by atoms with E-state index in [0.29, 0.717) is 18.2 Å². The molecule has 2 rings (SSSR count). The van der Waals surface area contributed by atoms with Crippen molar-refractivity contribution >= 4 is 28.8 Å². The molecular weight excluding hydrogens is 276 g/mol. The Kier molecular flexibility index (Phi) is 5.43. The summed E-state index contributed by atoms with van der Waals surface area (Å²) in [6.07, 6.45) is 0.693. The number of benzene rings is 1. The minimum absolute atomic E-state index is 0.0537. The molecule has 0 aliphatic heterocycles. The number of aromatic nitrogens is 1. The Hall–Kier alpha value is -1.53. The van der Waals surface area contributed by atoms with Crippen LogP contribution in [-0.2, 0) is 4.79 Å². The molecule has 108 valence electrons. The van der Waals surface area contributed by atoms with Gasteiger partial charge >= 0.3 is 0 Å². The molecule has 0 spiro atoms. The molecule has 0 bridgehead atoms. The van der Waals surface area contributed by atoms with E-state index < -0.39 is 0 Å². The number of carbonyl (C=O) groups excluding carboxylic acids is 1. The second-order valence-corrected chi connectivity index (χ2v) is 5.58. The van der Waals surface area contributed by atoms with Crippen LogP contribution in [0.4, 0.5) is 0 Å². The van der Waals surface area contributed by atoms with Crippen LogP contribution in [0.15, 0.2) is 33.9 Å². The highest BCUT2D eigenvalue weighted by atomic mass is 32.2. The Morgan fingerprint density at radius 2 is 2.30 bits per heavy atom. The van der Waals surface area contributed by atoms with Gasteiger partial charge in [0.1, 0.15) is 5.52 Å². The number of hydrogen-bond acceptors (Lipinski definition) is 5. The van der Waals surface area contributed by atoms with Crippen LogP contribution < -0.4 is 5.32 Å². The SMILES string of the molecule is CC(CCO)CNC(=O)CSc1nc2ccccc2o1. The van der Waals surface area contributed by atoms with Crippen LogP contribution in [0.2, 0.25) is 0 Å². The molecule has 6 heteroatoms. The largest absolute Gasteiger partial charge is 0.431 e. The average Bonchev–Trinajstić information content (AvgIpc) is 2.86. The Morgan fingerprint density at radius 1 is 1.50 bits per heavy atom. The molecule has 0 aliphatic rings. The second kappa shape index (κ2) is 7.31. The van der Waals surface area contributed by atoms with Gasteiger partial charge in [-0.15, -0.1) is 0 Å². The summed E-state index contributed by atoms with van der Waals surface area (Å²) >= 11 is 1.28. The van der Waals surface area contributed by atoms with E-state index in [-0.39, 0.29) is 24.2 Å². The summed E-state index contributed by atoms with van der Waals surface area (Å²) < 4.78 is 5.52. The molecule has 0 radical (unpaired) electrons. The summed E-state index contributed by atoms with van der Waals surface area (Å²) in [5.74, 6) is 0.499. The second-order valence-electron chi connectivity index (χ2n) is 4.66. The molecule has 5 nitrogen and oxygen atoms in total. The molecular formula is C14H18N2O3S. The maximum absolute atomic E-state index is 11.7. The van der Waals surface area contributed by atoms with E-state index in [0.717, 1.165) is 11.1 Å². The summed E-state index contributed by atoms with van der Waals surface area (Å²) in [6, 6.07) is 7.51. The summed E-state index contributed by atoms with van der Waals surface area (Å²) in [7, 11) is 0. The molecule has 0 saturated carbocycles. The van der Waals surface area contributed by atoms with Gasteiger partial charge in [0.15, 0.2) is 5.58 Å². The minimum atomic E-state index is -0.0537. The summed E-state index contributed by atoms with van der Waals surface area (Å²) in [6.45, 7) is 2.71. The molecule has 2 aromatic rings. The lowest BCUT2D eigenvalue weighted by molar-refractivity contribution is -0.118. The van der Waals surface area contributed by atoms with Gasteiger partial charge in [0.05, 0.1) is 5.75 Å². The Morgan fingerprint density at radius 3 is 3.05 bits per heavy atom. The van der Waals surface area contributed by atoms with E-state index in [1.54, 1.807) is 0 Å². The fourth-order valence-electron chi connectivity index (χ4n) is 1.70. The Labute approximate surface area is 121 Å². The minimum Gasteiger partial charge on any atom is -0.431 e. The van der Waals surface area contributed by atoms with Gasteiger partial charge in [-0.25, -0.2) is 4.98 Å². The lowest BCUT2D eigenvalue weighted by atomic mass is 10.1. The maximum atomic E-state index is 11.7. The number of carbonyl (C=O) groups is 1. The van der Waals surface area contributed by atoms with Crippen LogP contribution in [0, 0.1) is 5.92 Å². The number of para-hydroxylation sites is 2. The quantitative estimate of drug-likeness (QED) is 0.764. The van der Waals surface area contributed by atoms with Crippen LogP contribution in [0.5, 0.6) is 0 Å². The first kappa shape index (κ1) is 14.9. The standard InChI is InChI=1S/C14H18N2O3S/c1-10(6-7-17)8-15-13(18)9-20-14-16-11-4-2-3-5-12(11)19-14/h2-5,10,17H,6-9H2,1H3,(H,15,18). The number of nitrogens with one attached hydrogen (secondary N) is 1. The van der Waals surface area contributed by atoms with Gasteiger partial charge in [-0.2, -0.15) is 0 Å². The van der Waals surface area contributed by atoms with Crippen LogP contribution >= 0.6 is 11.8 Å². The third kappa shape index (κ3) is 4.25. The van der Waals surface area contributed by atoms with Crippen molar-refractivity contribution < 1.29 is 14.3 Å². The summed E-state index contributed by atoms with van der Waals surface area (Å²) in [4.78, 5) is 16.0. The molecule has 20 heavy (non-hydrogen) atoms. The fraction of sp³-hybridized carbons (Fsp3) is 0.429. The van der Waals surface area contributed by atoms with Crippen LogP contribution in [-0.4, -0.2) is 34.9 Å². The molecule has 1 aromatic carbocycles. The smallest absolute Gasteiger partial charge is 0.257 e. The van der Waals surface area contributed by atoms with E-state index in [2.05, 4.69) is 10.3 Å². The Balaban J connectivity index is 1.78. The number of aliphatic hydroxyl groups is 1. The van der Waals surface area contributed by atoms with Crippen molar-refractivity contribution in [1.82, 2.24) is 10.3 Å². The number of nitrogens with zero attached hydrogens (tertiary/aromatic N) is 1. The van der Waals surface area contributed by atoms with Crippen molar-refractivity contribution in [3.8, 4) is 0 Å². The van der Waals surface area contributed by atoms with Crippen molar-refractivity contribution in [2.24, 2.45) is 5.92 Å². The number of thioether (sulfide) groups is 1. The van der Waals surface area contributed by atoms with Crippen molar-refractivity contribution in [2.75, 3.05) is 18.9 Å². The van der Waals surface area contributed by atoms with Gasteiger partial charge in [0, 0.05) is 13.2 Å². The number of oxazole rings is 1. The first-order valence-electron chi connectivity index (χ1n) is 6.55. The van der Waals surface area contributed by atoms with Crippen molar-refractivity contribution in [3.05, 3.63) is 24.3 Å². The molecule has 1 unspecified atom stereocenters. The number of aliphatic hydroxyl groups excluding tert-OH is 1. The third-order valence-corrected chi connectivity index (χ3v) is 3.70. The topological polar surface area (TPSA) is 75.4 Å². The number of rotatable bonds is 7. The number of fused-ring (bicyclic) bond motifs is 1. The first-order chi connectivity index (χ1) is 9.69. The van der Waals surface area contributed by atoms with Crippen molar-refractivity contribution in [2.45, 2.75) is 18.6 Å². The van der Waals surface area contributed by atoms with Crippen molar-refractivity contribution in [3.63, 3.8) is 0 Å². The van der Waals surface area contributed by atoms with Crippen LogP contribution in [0.25, 0.3) is 11.1 Å². The van der Waals surface area contributed by atoms with E-state index in [1.807, 2.05) is 31.2 Å². The highest BCUT2D eigenvalue weighted by Gasteiger charge is 2.09. The molecule has 1 aromatic heterocycles. The van der Waals surface area contributed by atoms with Gasteiger partial charge in [-0.1, -0.05) is 30.8 Å². The lowest BCUT2D eigenvalue weighted by Crippen LogP contribution is -2.30.